The third-order valence-electron chi connectivity index (χ3n) is 2.83. The van der Waals surface area contributed by atoms with E-state index in [9.17, 15) is 4.79 Å². The lowest BCUT2D eigenvalue weighted by molar-refractivity contribution is -0.121. The normalized spacial score (nSPS) is 10.4. The number of nitrogens with one attached hydrogen (secondary N) is 1. The van der Waals surface area contributed by atoms with E-state index < -0.39 is 0 Å². The number of rotatable bonds is 5. The summed E-state index contributed by atoms with van der Waals surface area (Å²) in [5.41, 5.74) is 2.02. The van der Waals surface area contributed by atoms with Crippen LogP contribution in [0, 0.1) is 0 Å². The van der Waals surface area contributed by atoms with Crippen LogP contribution < -0.4 is 5.32 Å². The van der Waals surface area contributed by atoms with Crippen molar-refractivity contribution in [3.63, 3.8) is 0 Å². The summed E-state index contributed by atoms with van der Waals surface area (Å²) >= 11 is 0. The minimum absolute atomic E-state index is 0.0110. The van der Waals surface area contributed by atoms with Crippen molar-refractivity contribution >= 4 is 5.91 Å². The molecule has 0 spiro atoms. The van der Waals surface area contributed by atoms with E-state index in [1.54, 1.807) is 23.0 Å². The fourth-order valence-electron chi connectivity index (χ4n) is 1.77. The molecule has 5 nitrogen and oxygen atoms in total. The highest BCUT2D eigenvalue weighted by Crippen LogP contribution is 2.11. The van der Waals surface area contributed by atoms with Gasteiger partial charge < -0.3 is 10.4 Å². The molecule has 0 aliphatic heterocycles. The van der Waals surface area contributed by atoms with Crippen LogP contribution in [0.25, 0.3) is 0 Å². The van der Waals surface area contributed by atoms with Crippen LogP contribution in [0.1, 0.15) is 17.5 Å². The van der Waals surface area contributed by atoms with Crippen LogP contribution >= 0.6 is 0 Å². The van der Waals surface area contributed by atoms with Crippen molar-refractivity contribution < 1.29 is 9.90 Å². The van der Waals surface area contributed by atoms with Crippen molar-refractivity contribution in [3.8, 4) is 5.75 Å². The zero-order valence-electron chi connectivity index (χ0n) is 10.8. The lowest BCUT2D eigenvalue weighted by atomic mass is 10.1. The zero-order valence-corrected chi connectivity index (χ0v) is 10.8. The van der Waals surface area contributed by atoms with Gasteiger partial charge in [-0.1, -0.05) is 12.1 Å². The van der Waals surface area contributed by atoms with Gasteiger partial charge in [-0.2, -0.15) is 5.10 Å². The molecular weight excluding hydrogens is 242 g/mol. The number of amides is 1. The highest BCUT2D eigenvalue weighted by atomic mass is 16.3. The number of phenolic OH excluding ortho intramolecular Hbond substituents is 1. The molecule has 0 bridgehead atoms. The molecule has 2 N–H and O–H groups in total. The van der Waals surface area contributed by atoms with Crippen molar-refractivity contribution in [2.24, 2.45) is 7.05 Å². The molecule has 0 atom stereocenters. The summed E-state index contributed by atoms with van der Waals surface area (Å²) in [4.78, 5) is 11.7. The Morgan fingerprint density at radius 2 is 2.05 bits per heavy atom. The summed E-state index contributed by atoms with van der Waals surface area (Å²) in [6.07, 6.45) is 4.71. The lowest BCUT2D eigenvalue weighted by Gasteiger charge is -2.04. The van der Waals surface area contributed by atoms with Crippen LogP contribution in [-0.2, 0) is 24.8 Å². The van der Waals surface area contributed by atoms with Gasteiger partial charge in [0.15, 0.2) is 0 Å². The van der Waals surface area contributed by atoms with E-state index in [-0.39, 0.29) is 11.7 Å². The van der Waals surface area contributed by atoms with Gasteiger partial charge in [-0.05, 0) is 24.1 Å². The quantitative estimate of drug-likeness (QED) is 0.852. The van der Waals surface area contributed by atoms with Gasteiger partial charge in [-0.15, -0.1) is 0 Å². The molecule has 1 aromatic carbocycles. The Hall–Kier alpha value is -2.30. The Balaban J connectivity index is 1.74. The summed E-state index contributed by atoms with van der Waals surface area (Å²) in [6, 6.07) is 6.90. The minimum atomic E-state index is 0.0110. The van der Waals surface area contributed by atoms with Crippen LogP contribution in [0.5, 0.6) is 5.75 Å². The molecule has 2 aromatic rings. The van der Waals surface area contributed by atoms with Gasteiger partial charge in [0.1, 0.15) is 5.75 Å². The highest BCUT2D eigenvalue weighted by Gasteiger charge is 2.03. The van der Waals surface area contributed by atoms with E-state index >= 15 is 0 Å². The third-order valence-corrected chi connectivity index (χ3v) is 2.83. The topological polar surface area (TPSA) is 67.2 Å². The number of carbonyl (C=O) groups excluding carboxylic acids is 1. The largest absolute Gasteiger partial charge is 0.508 e. The van der Waals surface area contributed by atoms with Gasteiger partial charge in [0.2, 0.25) is 5.91 Å². The Morgan fingerprint density at radius 3 is 2.68 bits per heavy atom. The maximum atomic E-state index is 11.7. The Bertz CT molecular complexity index is 546. The average molecular weight is 259 g/mol. The third kappa shape index (κ3) is 4.13. The zero-order chi connectivity index (χ0) is 13.7. The van der Waals surface area contributed by atoms with Gasteiger partial charge in [0.05, 0.1) is 6.20 Å². The van der Waals surface area contributed by atoms with E-state index in [0.717, 1.165) is 11.1 Å². The van der Waals surface area contributed by atoms with Crippen LogP contribution in [0.3, 0.4) is 0 Å². The molecular formula is C14H17N3O2. The standard InChI is InChI=1S/C14H17N3O2/c1-17-10-12(9-16-17)8-15-14(19)7-4-11-2-5-13(18)6-3-11/h2-3,5-6,9-10,18H,4,7-8H2,1H3,(H,15,19). The smallest absolute Gasteiger partial charge is 0.220 e. The Kier molecular flexibility index (Phi) is 4.18. The molecule has 0 radical (unpaired) electrons. The number of carbonyl (C=O) groups is 1. The molecule has 100 valence electrons. The van der Waals surface area contributed by atoms with Gasteiger partial charge in [0, 0.05) is 31.8 Å². The second kappa shape index (κ2) is 6.04. The van der Waals surface area contributed by atoms with E-state index in [1.807, 2.05) is 25.4 Å². The number of nitrogens with zero attached hydrogens (tertiary/aromatic N) is 2. The van der Waals surface area contributed by atoms with Crippen molar-refractivity contribution in [1.82, 2.24) is 15.1 Å². The molecule has 0 saturated heterocycles. The molecule has 0 unspecified atom stereocenters. The lowest BCUT2D eigenvalue weighted by Crippen LogP contribution is -2.22. The molecule has 0 saturated carbocycles. The monoisotopic (exact) mass is 259 g/mol. The maximum Gasteiger partial charge on any atom is 0.220 e. The number of hydrogen-bond acceptors (Lipinski definition) is 3. The SMILES string of the molecule is Cn1cc(CNC(=O)CCc2ccc(O)cc2)cn1. The summed E-state index contributed by atoms with van der Waals surface area (Å²) < 4.78 is 1.71. The number of aromatic hydroxyl groups is 1. The van der Waals surface area contributed by atoms with Crippen LogP contribution in [0.2, 0.25) is 0 Å². The second-order valence-corrected chi connectivity index (χ2v) is 4.47. The van der Waals surface area contributed by atoms with Crippen molar-refractivity contribution in [2.45, 2.75) is 19.4 Å². The minimum Gasteiger partial charge on any atom is -0.508 e. The number of aromatic nitrogens is 2. The molecule has 0 aliphatic carbocycles. The average Bonchev–Trinajstić information content (AvgIpc) is 2.81. The van der Waals surface area contributed by atoms with E-state index in [1.165, 1.54) is 0 Å². The molecule has 5 heteroatoms. The first-order valence-corrected chi connectivity index (χ1v) is 6.15. The molecule has 0 fully saturated rings. The molecule has 0 aliphatic rings. The number of benzene rings is 1. The van der Waals surface area contributed by atoms with Crippen LogP contribution in [0.15, 0.2) is 36.7 Å². The number of aryl methyl sites for hydroxylation is 2. The fourth-order valence-corrected chi connectivity index (χ4v) is 1.77. The van der Waals surface area contributed by atoms with Gasteiger partial charge >= 0.3 is 0 Å². The second-order valence-electron chi connectivity index (χ2n) is 4.47. The van der Waals surface area contributed by atoms with Crippen molar-refractivity contribution in [3.05, 3.63) is 47.8 Å². The first-order chi connectivity index (χ1) is 9.13. The van der Waals surface area contributed by atoms with Gasteiger partial charge in [0.25, 0.3) is 0 Å². The van der Waals surface area contributed by atoms with Crippen molar-refractivity contribution in [1.29, 1.82) is 0 Å². The highest BCUT2D eigenvalue weighted by molar-refractivity contribution is 5.76. The van der Waals surface area contributed by atoms with Gasteiger partial charge in [-0.3, -0.25) is 9.48 Å². The maximum absolute atomic E-state index is 11.7. The van der Waals surface area contributed by atoms with Gasteiger partial charge in [-0.25, -0.2) is 0 Å². The summed E-state index contributed by atoms with van der Waals surface area (Å²) in [6.45, 7) is 0.502. The predicted octanol–water partition coefficient (Wildman–Crippen LogP) is 1.37. The summed E-state index contributed by atoms with van der Waals surface area (Å²) in [7, 11) is 1.84. The van der Waals surface area contributed by atoms with E-state index in [4.69, 9.17) is 5.11 Å². The number of hydrogen-bond donors (Lipinski definition) is 2. The first-order valence-electron chi connectivity index (χ1n) is 6.15. The van der Waals surface area contributed by atoms with Crippen molar-refractivity contribution in [2.75, 3.05) is 0 Å². The summed E-state index contributed by atoms with van der Waals surface area (Å²) in [5, 5.41) is 16.0. The fraction of sp³-hybridized carbons (Fsp3) is 0.286. The molecule has 1 amide bonds. The van der Waals surface area contributed by atoms with Crippen LogP contribution in [-0.4, -0.2) is 20.8 Å². The Labute approximate surface area is 111 Å². The molecule has 1 aromatic heterocycles. The predicted molar refractivity (Wildman–Crippen MR) is 71.5 cm³/mol. The molecule has 19 heavy (non-hydrogen) atoms. The van der Waals surface area contributed by atoms with E-state index in [2.05, 4.69) is 10.4 Å². The first kappa shape index (κ1) is 13.1. The molecule has 1 heterocycles. The van der Waals surface area contributed by atoms with E-state index in [0.29, 0.717) is 19.4 Å². The molecule has 2 rings (SSSR count). The summed E-state index contributed by atoms with van der Waals surface area (Å²) in [5.74, 6) is 0.252. The Morgan fingerprint density at radius 1 is 1.32 bits per heavy atom. The number of phenols is 1. The van der Waals surface area contributed by atoms with Crippen LogP contribution in [0.4, 0.5) is 0 Å².